The Morgan fingerprint density at radius 3 is 2.97 bits per heavy atom. The predicted molar refractivity (Wildman–Crippen MR) is 109 cm³/mol. The van der Waals surface area contributed by atoms with Crippen LogP contribution in [0.5, 0.6) is 0 Å². The van der Waals surface area contributed by atoms with Crippen LogP contribution in [0.1, 0.15) is 53.1 Å². The summed E-state index contributed by atoms with van der Waals surface area (Å²) in [6.45, 7) is 3.55. The molecule has 4 rings (SSSR count). The topological polar surface area (TPSA) is 49.6 Å². The summed E-state index contributed by atoms with van der Waals surface area (Å²) in [4.78, 5) is 17.1. The third-order valence-electron chi connectivity index (χ3n) is 6.29. The van der Waals surface area contributed by atoms with Crippen molar-refractivity contribution in [3.63, 3.8) is 0 Å². The van der Waals surface area contributed by atoms with E-state index in [2.05, 4.69) is 10.1 Å². The van der Waals surface area contributed by atoms with Gasteiger partial charge in [-0.2, -0.15) is 0 Å². The molecule has 0 bridgehead atoms. The standard InChI is InChI=1S/C23H30FN3O2/c1-26(23(28)22-19-9-3-5-11-21(19)25-29-22)15-17-7-6-13-27(16-17)14-12-18-8-2-4-10-20(18)24/h2,4,8,10,17H,3,5-7,9,11-16H2,1H3/t17-/m0/s1. The summed E-state index contributed by atoms with van der Waals surface area (Å²) in [6, 6.07) is 7.01. The minimum absolute atomic E-state index is 0.0517. The van der Waals surface area contributed by atoms with Crippen molar-refractivity contribution in [3.05, 3.63) is 52.7 Å². The van der Waals surface area contributed by atoms with Crippen molar-refractivity contribution in [3.8, 4) is 0 Å². The molecule has 1 fully saturated rings. The summed E-state index contributed by atoms with van der Waals surface area (Å²) in [5, 5.41) is 4.12. The Bertz CT molecular complexity index is 850. The van der Waals surface area contributed by atoms with Gasteiger partial charge in [0.2, 0.25) is 5.76 Å². The average Bonchev–Trinajstić information content (AvgIpc) is 3.17. The van der Waals surface area contributed by atoms with Gasteiger partial charge in [-0.05, 0) is 69.0 Å². The molecule has 1 saturated heterocycles. The maximum absolute atomic E-state index is 13.9. The Morgan fingerprint density at radius 2 is 2.10 bits per heavy atom. The fourth-order valence-corrected chi connectivity index (χ4v) is 4.69. The minimum Gasteiger partial charge on any atom is -0.350 e. The highest BCUT2D eigenvalue weighted by molar-refractivity contribution is 5.93. The molecular weight excluding hydrogens is 369 g/mol. The number of rotatable bonds is 6. The molecule has 2 aliphatic rings. The number of benzene rings is 1. The number of carbonyl (C=O) groups is 1. The molecule has 6 heteroatoms. The number of amides is 1. The average molecular weight is 400 g/mol. The van der Waals surface area contributed by atoms with Crippen LogP contribution in [-0.2, 0) is 19.3 Å². The summed E-state index contributed by atoms with van der Waals surface area (Å²) in [7, 11) is 1.86. The first-order valence-corrected chi connectivity index (χ1v) is 10.8. The number of piperidine rings is 1. The molecule has 1 amide bonds. The third-order valence-corrected chi connectivity index (χ3v) is 6.29. The van der Waals surface area contributed by atoms with E-state index in [0.29, 0.717) is 18.2 Å². The number of halogens is 1. The Labute approximate surface area is 171 Å². The van der Waals surface area contributed by atoms with Gasteiger partial charge in [0.1, 0.15) is 5.82 Å². The van der Waals surface area contributed by atoms with Gasteiger partial charge in [-0.3, -0.25) is 4.79 Å². The lowest BCUT2D eigenvalue weighted by molar-refractivity contribution is 0.0689. The molecule has 0 unspecified atom stereocenters. The van der Waals surface area contributed by atoms with Crippen LogP contribution in [0.4, 0.5) is 4.39 Å². The molecule has 156 valence electrons. The van der Waals surface area contributed by atoms with Crippen molar-refractivity contribution in [2.45, 2.75) is 44.9 Å². The number of aromatic nitrogens is 1. The molecule has 1 aromatic carbocycles. The van der Waals surface area contributed by atoms with Crippen LogP contribution in [0.15, 0.2) is 28.8 Å². The molecule has 0 saturated carbocycles. The molecule has 0 N–H and O–H groups in total. The van der Waals surface area contributed by atoms with Gasteiger partial charge in [-0.15, -0.1) is 0 Å². The summed E-state index contributed by atoms with van der Waals surface area (Å²) in [6.07, 6.45) is 6.96. The van der Waals surface area contributed by atoms with E-state index in [9.17, 15) is 9.18 Å². The van der Waals surface area contributed by atoms with Gasteiger partial charge in [-0.25, -0.2) is 4.39 Å². The van der Waals surface area contributed by atoms with Gasteiger partial charge < -0.3 is 14.3 Å². The molecule has 1 aromatic heterocycles. The molecule has 1 aliphatic carbocycles. The Morgan fingerprint density at radius 1 is 1.28 bits per heavy atom. The van der Waals surface area contributed by atoms with Crippen molar-refractivity contribution in [2.24, 2.45) is 5.92 Å². The first kappa shape index (κ1) is 20.1. The van der Waals surface area contributed by atoms with Crippen molar-refractivity contribution in [1.82, 2.24) is 15.0 Å². The highest BCUT2D eigenvalue weighted by Crippen LogP contribution is 2.25. The number of nitrogens with zero attached hydrogens (tertiary/aromatic N) is 3. The number of carbonyl (C=O) groups excluding carboxylic acids is 1. The summed E-state index contributed by atoms with van der Waals surface area (Å²) in [5.41, 5.74) is 2.75. The number of aryl methyl sites for hydroxylation is 1. The molecule has 2 aromatic rings. The quantitative estimate of drug-likeness (QED) is 0.743. The molecule has 5 nitrogen and oxygen atoms in total. The van der Waals surface area contributed by atoms with Crippen LogP contribution < -0.4 is 0 Å². The van der Waals surface area contributed by atoms with E-state index in [-0.39, 0.29) is 11.7 Å². The Kier molecular flexibility index (Phi) is 6.28. The second-order valence-electron chi connectivity index (χ2n) is 8.48. The van der Waals surface area contributed by atoms with E-state index in [1.165, 1.54) is 6.07 Å². The second kappa shape index (κ2) is 9.08. The van der Waals surface area contributed by atoms with E-state index in [0.717, 1.165) is 81.4 Å². The van der Waals surface area contributed by atoms with Crippen LogP contribution in [0.25, 0.3) is 0 Å². The van der Waals surface area contributed by atoms with Crippen LogP contribution in [0.2, 0.25) is 0 Å². The minimum atomic E-state index is -0.123. The van der Waals surface area contributed by atoms with E-state index >= 15 is 0 Å². The lowest BCUT2D eigenvalue weighted by Gasteiger charge is -2.34. The summed E-state index contributed by atoms with van der Waals surface area (Å²) in [5.74, 6) is 0.692. The van der Waals surface area contributed by atoms with Gasteiger partial charge in [0.05, 0.1) is 5.69 Å². The highest BCUT2D eigenvalue weighted by Gasteiger charge is 2.28. The zero-order chi connectivity index (χ0) is 20.2. The SMILES string of the molecule is CN(C[C@@H]1CCCN(CCc2ccccc2F)C1)C(=O)c1onc2c1CCCC2. The highest BCUT2D eigenvalue weighted by atomic mass is 19.1. The summed E-state index contributed by atoms with van der Waals surface area (Å²) >= 11 is 0. The second-order valence-corrected chi connectivity index (χ2v) is 8.48. The number of hydrogen-bond donors (Lipinski definition) is 0. The van der Waals surface area contributed by atoms with Crippen molar-refractivity contribution in [2.75, 3.05) is 33.2 Å². The van der Waals surface area contributed by atoms with Gasteiger partial charge in [0.25, 0.3) is 5.91 Å². The largest absolute Gasteiger partial charge is 0.350 e. The molecule has 2 heterocycles. The Hall–Kier alpha value is -2.21. The molecule has 0 spiro atoms. The monoisotopic (exact) mass is 399 g/mol. The molecular formula is C23H30FN3O2. The smallest absolute Gasteiger partial charge is 0.292 e. The fraction of sp³-hybridized carbons (Fsp3) is 0.565. The van der Waals surface area contributed by atoms with E-state index in [1.807, 2.05) is 19.2 Å². The predicted octanol–water partition coefficient (Wildman–Crippen LogP) is 3.72. The van der Waals surface area contributed by atoms with Crippen molar-refractivity contribution >= 4 is 5.91 Å². The maximum Gasteiger partial charge on any atom is 0.292 e. The van der Waals surface area contributed by atoms with Crippen molar-refractivity contribution < 1.29 is 13.7 Å². The third kappa shape index (κ3) is 4.69. The van der Waals surface area contributed by atoms with Crippen molar-refractivity contribution in [1.29, 1.82) is 0 Å². The van der Waals surface area contributed by atoms with Gasteiger partial charge in [-0.1, -0.05) is 23.4 Å². The fourth-order valence-electron chi connectivity index (χ4n) is 4.69. The Balaban J connectivity index is 1.31. The van der Waals surface area contributed by atoms with E-state index < -0.39 is 0 Å². The van der Waals surface area contributed by atoms with Gasteiger partial charge in [0, 0.05) is 32.2 Å². The molecule has 0 radical (unpaired) electrons. The normalized spacial score (nSPS) is 19.7. The zero-order valence-corrected chi connectivity index (χ0v) is 17.2. The van der Waals surface area contributed by atoms with Crippen LogP contribution in [0.3, 0.4) is 0 Å². The van der Waals surface area contributed by atoms with E-state index in [4.69, 9.17) is 4.52 Å². The first-order chi connectivity index (χ1) is 14.1. The van der Waals surface area contributed by atoms with Gasteiger partial charge in [0.15, 0.2) is 0 Å². The number of fused-ring (bicyclic) bond motifs is 1. The number of likely N-dealkylation sites (tertiary alicyclic amines) is 1. The van der Waals surface area contributed by atoms with Crippen LogP contribution in [0, 0.1) is 11.7 Å². The van der Waals surface area contributed by atoms with E-state index in [1.54, 1.807) is 11.0 Å². The summed E-state index contributed by atoms with van der Waals surface area (Å²) < 4.78 is 19.3. The zero-order valence-electron chi connectivity index (χ0n) is 17.2. The molecule has 29 heavy (non-hydrogen) atoms. The lowest BCUT2D eigenvalue weighted by atomic mass is 9.95. The number of hydrogen-bond acceptors (Lipinski definition) is 4. The van der Waals surface area contributed by atoms with Crippen LogP contribution in [-0.4, -0.2) is 54.1 Å². The maximum atomic E-state index is 13.9. The van der Waals surface area contributed by atoms with Crippen LogP contribution >= 0.6 is 0 Å². The first-order valence-electron chi connectivity index (χ1n) is 10.8. The van der Waals surface area contributed by atoms with Gasteiger partial charge >= 0.3 is 0 Å². The molecule has 1 atom stereocenters. The molecule has 1 aliphatic heterocycles. The lowest BCUT2D eigenvalue weighted by Crippen LogP contribution is -2.42.